The zero-order valence-electron chi connectivity index (χ0n) is 12.3. The number of nitrogens with one attached hydrogen (secondary N) is 3. The Hall–Kier alpha value is -1.69. The Morgan fingerprint density at radius 3 is 2.45 bits per heavy atom. The summed E-state index contributed by atoms with van der Waals surface area (Å²) in [5, 5.41) is 2.94. The zero-order valence-corrected chi connectivity index (χ0v) is 13.9. The van der Waals surface area contributed by atoms with E-state index in [0.717, 1.165) is 16.6 Å². The van der Waals surface area contributed by atoms with E-state index in [9.17, 15) is 4.79 Å². The van der Waals surface area contributed by atoms with Gasteiger partial charge in [0.05, 0.1) is 0 Å². The maximum absolute atomic E-state index is 12.3. The quantitative estimate of drug-likeness (QED) is 0.787. The maximum atomic E-state index is 12.3. The van der Waals surface area contributed by atoms with Crippen LogP contribution in [-0.4, -0.2) is 11.9 Å². The van der Waals surface area contributed by atoms with E-state index in [2.05, 4.69) is 44.2 Å². The molecule has 1 amide bonds. The second-order valence-electron chi connectivity index (χ2n) is 5.54. The molecule has 1 heterocycles. The van der Waals surface area contributed by atoms with Crippen molar-refractivity contribution in [3.05, 3.63) is 64.1 Å². The molecule has 0 aromatic heterocycles. The topological polar surface area (TPSA) is 53.2 Å². The van der Waals surface area contributed by atoms with E-state index in [1.54, 1.807) is 0 Å². The summed E-state index contributed by atoms with van der Waals surface area (Å²) in [6.07, 6.45) is 0.722. The summed E-state index contributed by atoms with van der Waals surface area (Å²) in [6, 6.07) is 15.8. The van der Waals surface area contributed by atoms with E-state index in [0.29, 0.717) is 0 Å². The fraction of sp³-hybridized carbons (Fsp3) is 0.235. The Morgan fingerprint density at radius 1 is 1.09 bits per heavy atom. The number of amides is 1. The number of hydrogen-bond acceptors (Lipinski definition) is 3. The number of carbonyl (C=O) groups excluding carboxylic acids is 1. The van der Waals surface area contributed by atoms with Gasteiger partial charge in [-0.25, -0.2) is 10.9 Å². The molecule has 1 aliphatic rings. The van der Waals surface area contributed by atoms with E-state index < -0.39 is 0 Å². The van der Waals surface area contributed by atoms with Crippen LogP contribution in [0.3, 0.4) is 0 Å². The molecule has 0 spiro atoms. The maximum Gasteiger partial charge on any atom is 0.242 e. The first kappa shape index (κ1) is 15.2. The van der Waals surface area contributed by atoms with Crippen molar-refractivity contribution < 1.29 is 4.79 Å². The summed E-state index contributed by atoms with van der Waals surface area (Å²) in [6.45, 7) is 2.02. The van der Waals surface area contributed by atoms with Crippen LogP contribution in [0.4, 0.5) is 5.69 Å². The minimum atomic E-state index is -0.241. The van der Waals surface area contributed by atoms with Crippen LogP contribution in [0.15, 0.2) is 53.0 Å². The molecule has 2 aromatic carbocycles. The molecule has 3 rings (SSSR count). The third-order valence-corrected chi connectivity index (χ3v) is 4.34. The molecule has 0 bridgehead atoms. The number of hydrogen-bond donors (Lipinski definition) is 3. The first-order chi connectivity index (χ1) is 10.6. The van der Waals surface area contributed by atoms with Crippen molar-refractivity contribution in [2.45, 2.75) is 25.4 Å². The lowest BCUT2D eigenvalue weighted by molar-refractivity contribution is -0.117. The number of aryl methyl sites for hydroxylation is 1. The predicted molar refractivity (Wildman–Crippen MR) is 91.4 cm³/mol. The highest BCUT2D eigenvalue weighted by Crippen LogP contribution is 2.24. The average molecular weight is 360 g/mol. The lowest BCUT2D eigenvalue weighted by atomic mass is 10.0. The number of benzene rings is 2. The highest BCUT2D eigenvalue weighted by atomic mass is 79.9. The molecule has 0 saturated carbocycles. The van der Waals surface area contributed by atoms with Gasteiger partial charge in [0.15, 0.2) is 0 Å². The van der Waals surface area contributed by atoms with Gasteiger partial charge < -0.3 is 5.32 Å². The summed E-state index contributed by atoms with van der Waals surface area (Å²) < 4.78 is 1.05. The average Bonchev–Trinajstić information content (AvgIpc) is 3.00. The highest BCUT2D eigenvalue weighted by molar-refractivity contribution is 9.10. The van der Waals surface area contributed by atoms with Crippen molar-refractivity contribution in [2.75, 3.05) is 5.32 Å². The zero-order chi connectivity index (χ0) is 15.5. The fourth-order valence-corrected chi connectivity index (χ4v) is 2.77. The Labute approximate surface area is 138 Å². The van der Waals surface area contributed by atoms with Gasteiger partial charge in [0, 0.05) is 16.2 Å². The SMILES string of the molecule is Cc1ccc(NC(=O)C2CC(c3ccc(Br)cc3)NN2)cc1. The minimum absolute atomic E-state index is 0.0176. The normalized spacial score (nSPS) is 20.8. The molecular formula is C17H18BrN3O. The molecular weight excluding hydrogens is 342 g/mol. The van der Waals surface area contributed by atoms with Gasteiger partial charge >= 0.3 is 0 Å². The smallest absolute Gasteiger partial charge is 0.242 e. The Balaban J connectivity index is 1.61. The van der Waals surface area contributed by atoms with Crippen molar-refractivity contribution in [3.63, 3.8) is 0 Å². The van der Waals surface area contributed by atoms with Crippen LogP contribution in [-0.2, 0) is 4.79 Å². The van der Waals surface area contributed by atoms with Gasteiger partial charge in [0.2, 0.25) is 5.91 Å². The molecule has 2 atom stereocenters. The largest absolute Gasteiger partial charge is 0.325 e. The first-order valence-electron chi connectivity index (χ1n) is 7.26. The van der Waals surface area contributed by atoms with E-state index in [4.69, 9.17) is 0 Å². The lowest BCUT2D eigenvalue weighted by Gasteiger charge is -2.11. The monoisotopic (exact) mass is 359 g/mol. The molecule has 3 N–H and O–H groups in total. The van der Waals surface area contributed by atoms with E-state index >= 15 is 0 Å². The molecule has 2 aromatic rings. The minimum Gasteiger partial charge on any atom is -0.325 e. The Kier molecular flexibility index (Phi) is 4.57. The lowest BCUT2D eigenvalue weighted by Crippen LogP contribution is -2.39. The molecule has 4 nitrogen and oxygen atoms in total. The molecule has 1 saturated heterocycles. The van der Waals surface area contributed by atoms with Crippen LogP contribution in [0.5, 0.6) is 0 Å². The van der Waals surface area contributed by atoms with Gasteiger partial charge in [0.25, 0.3) is 0 Å². The van der Waals surface area contributed by atoms with Crippen LogP contribution >= 0.6 is 15.9 Å². The second-order valence-corrected chi connectivity index (χ2v) is 6.45. The number of carbonyl (C=O) groups is 1. The number of anilines is 1. The van der Waals surface area contributed by atoms with Crippen LogP contribution in [0, 0.1) is 6.92 Å². The molecule has 2 unspecified atom stereocenters. The fourth-order valence-electron chi connectivity index (χ4n) is 2.51. The van der Waals surface area contributed by atoms with Gasteiger partial charge in [-0.15, -0.1) is 0 Å². The summed E-state index contributed by atoms with van der Waals surface area (Å²) in [7, 11) is 0. The molecule has 114 valence electrons. The van der Waals surface area contributed by atoms with Crippen LogP contribution in [0.1, 0.15) is 23.6 Å². The van der Waals surface area contributed by atoms with E-state index in [1.807, 2.05) is 43.3 Å². The predicted octanol–water partition coefficient (Wildman–Crippen LogP) is 3.30. The standard InChI is InChI=1S/C17H18BrN3O/c1-11-2-8-14(9-3-11)19-17(22)16-10-15(20-21-16)12-4-6-13(18)7-5-12/h2-9,15-16,20-21H,10H2,1H3,(H,19,22). The Bertz CT molecular complexity index is 655. The van der Waals surface area contributed by atoms with E-state index in [1.165, 1.54) is 11.1 Å². The van der Waals surface area contributed by atoms with Crippen molar-refractivity contribution >= 4 is 27.5 Å². The van der Waals surface area contributed by atoms with Gasteiger partial charge in [-0.05, 0) is 43.2 Å². The summed E-state index contributed by atoms with van der Waals surface area (Å²) in [5.74, 6) is -0.0176. The highest BCUT2D eigenvalue weighted by Gasteiger charge is 2.30. The van der Waals surface area contributed by atoms with E-state index in [-0.39, 0.29) is 18.0 Å². The van der Waals surface area contributed by atoms with Crippen molar-refractivity contribution in [3.8, 4) is 0 Å². The summed E-state index contributed by atoms with van der Waals surface area (Å²) >= 11 is 3.43. The van der Waals surface area contributed by atoms with Gasteiger partial charge in [0.1, 0.15) is 6.04 Å². The molecule has 22 heavy (non-hydrogen) atoms. The molecule has 0 aliphatic carbocycles. The first-order valence-corrected chi connectivity index (χ1v) is 8.05. The van der Waals surface area contributed by atoms with Gasteiger partial charge in [-0.3, -0.25) is 4.79 Å². The van der Waals surface area contributed by atoms with Gasteiger partial charge in [-0.1, -0.05) is 45.8 Å². The Morgan fingerprint density at radius 2 is 1.77 bits per heavy atom. The third-order valence-electron chi connectivity index (χ3n) is 3.81. The van der Waals surface area contributed by atoms with Crippen LogP contribution < -0.4 is 16.2 Å². The molecule has 0 radical (unpaired) electrons. The third kappa shape index (κ3) is 3.55. The number of hydrazine groups is 1. The van der Waals surface area contributed by atoms with Crippen LogP contribution in [0.25, 0.3) is 0 Å². The molecule has 1 aliphatic heterocycles. The summed E-state index contributed by atoms with van der Waals surface area (Å²) in [4.78, 5) is 12.3. The van der Waals surface area contributed by atoms with Gasteiger partial charge in [-0.2, -0.15) is 0 Å². The van der Waals surface area contributed by atoms with Crippen molar-refractivity contribution in [1.82, 2.24) is 10.9 Å². The number of halogens is 1. The molecule has 5 heteroatoms. The van der Waals surface area contributed by atoms with Crippen molar-refractivity contribution in [2.24, 2.45) is 0 Å². The van der Waals surface area contributed by atoms with Crippen molar-refractivity contribution in [1.29, 1.82) is 0 Å². The molecule has 1 fully saturated rings. The summed E-state index contributed by atoms with van der Waals surface area (Å²) in [5.41, 5.74) is 9.44. The van der Waals surface area contributed by atoms with Crippen LogP contribution in [0.2, 0.25) is 0 Å². The number of rotatable bonds is 3. The second kappa shape index (κ2) is 6.60.